The Kier molecular flexibility index (Phi) is 7.71. The van der Waals surface area contributed by atoms with Crippen LogP contribution in [0.1, 0.15) is 38.2 Å². The van der Waals surface area contributed by atoms with Crippen molar-refractivity contribution in [2.45, 2.75) is 39.5 Å². The number of carbonyl (C=O) groups excluding carboxylic acids is 2. The van der Waals surface area contributed by atoms with Gasteiger partial charge in [0, 0.05) is 0 Å². The van der Waals surface area contributed by atoms with Crippen molar-refractivity contribution in [3.05, 3.63) is 29.8 Å². The second-order valence-corrected chi connectivity index (χ2v) is 4.56. The Hall–Kier alpha value is -2.24. The number of hydrogen-bond donors (Lipinski definition) is 0. The minimum Gasteiger partial charge on any atom is -0.447 e. The summed E-state index contributed by atoms with van der Waals surface area (Å²) in [6.07, 6.45) is 2.15. The molecule has 0 heterocycles. The molecule has 6 nitrogen and oxygen atoms in total. The fourth-order valence-corrected chi connectivity index (χ4v) is 1.60. The van der Waals surface area contributed by atoms with Gasteiger partial charge in [0.1, 0.15) is 5.75 Å². The zero-order valence-corrected chi connectivity index (χ0v) is 12.4. The summed E-state index contributed by atoms with van der Waals surface area (Å²) in [5.74, 6) is 0.354. The number of unbranched alkanes of at least 4 members (excludes halogenated alkanes) is 3. The molecular formula is C15H20N2O4. The van der Waals surface area contributed by atoms with E-state index in [0.29, 0.717) is 5.75 Å². The summed E-state index contributed by atoms with van der Waals surface area (Å²) in [4.78, 5) is 22.5. The van der Waals surface area contributed by atoms with E-state index >= 15 is 0 Å². The van der Waals surface area contributed by atoms with Crippen LogP contribution in [0.5, 0.6) is 5.75 Å². The molecule has 0 saturated heterocycles. The van der Waals surface area contributed by atoms with Crippen molar-refractivity contribution in [1.29, 1.82) is 0 Å². The molecule has 1 aromatic rings. The molecule has 0 aliphatic carbocycles. The number of hydrogen-bond acceptors (Lipinski definition) is 4. The van der Waals surface area contributed by atoms with Gasteiger partial charge in [-0.25, -0.2) is 9.59 Å². The first-order chi connectivity index (χ1) is 10.1. The Morgan fingerprint density at radius 2 is 1.86 bits per heavy atom. The minimum absolute atomic E-state index is 0.283. The molecule has 0 radical (unpaired) electrons. The Bertz CT molecular complexity index is 500. The van der Waals surface area contributed by atoms with E-state index < -0.39 is 12.2 Å². The summed E-state index contributed by atoms with van der Waals surface area (Å²) in [5.41, 5.74) is 0.948. The van der Waals surface area contributed by atoms with Gasteiger partial charge in [0.25, 0.3) is 0 Å². The van der Waals surface area contributed by atoms with Gasteiger partial charge in [-0.3, -0.25) is 0 Å². The van der Waals surface area contributed by atoms with Gasteiger partial charge in [-0.1, -0.05) is 48.5 Å². The van der Waals surface area contributed by atoms with Gasteiger partial charge in [-0.2, -0.15) is 0 Å². The van der Waals surface area contributed by atoms with Gasteiger partial charge < -0.3 is 9.47 Å². The van der Waals surface area contributed by atoms with Gasteiger partial charge >= 0.3 is 12.2 Å². The van der Waals surface area contributed by atoms with Crippen LogP contribution in [0.25, 0.3) is 0 Å². The second-order valence-electron chi connectivity index (χ2n) is 4.56. The Labute approximate surface area is 124 Å². The van der Waals surface area contributed by atoms with E-state index in [1.54, 1.807) is 18.2 Å². The van der Waals surface area contributed by atoms with E-state index in [4.69, 9.17) is 9.47 Å². The van der Waals surface area contributed by atoms with Crippen LogP contribution in [0.3, 0.4) is 0 Å². The van der Waals surface area contributed by atoms with Gasteiger partial charge in [0.05, 0.1) is 6.61 Å². The van der Waals surface area contributed by atoms with Crippen LogP contribution in [0.4, 0.5) is 9.59 Å². The molecule has 0 aliphatic heterocycles. The number of aryl methyl sites for hydroxylation is 1. The van der Waals surface area contributed by atoms with E-state index in [-0.39, 0.29) is 6.61 Å². The summed E-state index contributed by atoms with van der Waals surface area (Å²) in [7, 11) is 0. The largest absolute Gasteiger partial charge is 0.458 e. The number of ether oxygens (including phenoxy) is 2. The predicted octanol–water partition coefficient (Wildman–Crippen LogP) is 4.66. The molecule has 0 saturated carbocycles. The lowest BCUT2D eigenvalue weighted by molar-refractivity contribution is 0.152. The van der Waals surface area contributed by atoms with Crippen LogP contribution >= 0.6 is 0 Å². The highest BCUT2D eigenvalue weighted by Gasteiger charge is 2.05. The van der Waals surface area contributed by atoms with Gasteiger partial charge in [0.15, 0.2) is 0 Å². The fraction of sp³-hybridized carbons (Fsp3) is 0.467. The third-order valence-corrected chi connectivity index (χ3v) is 2.63. The molecule has 0 spiro atoms. The average Bonchev–Trinajstić information content (AvgIpc) is 2.45. The SMILES string of the molecule is CCCCCCOC(=O)/N=N/C(=O)Oc1cccc(C)c1. The molecule has 114 valence electrons. The molecule has 0 unspecified atom stereocenters. The highest BCUT2D eigenvalue weighted by molar-refractivity contribution is 5.74. The average molecular weight is 292 g/mol. The van der Waals surface area contributed by atoms with Crippen LogP contribution in [0.15, 0.2) is 34.5 Å². The number of carbonyl (C=O) groups is 2. The van der Waals surface area contributed by atoms with Gasteiger partial charge in [-0.05, 0) is 31.0 Å². The lowest BCUT2D eigenvalue weighted by atomic mass is 10.2. The lowest BCUT2D eigenvalue weighted by Gasteiger charge is -2.01. The minimum atomic E-state index is -0.955. The lowest BCUT2D eigenvalue weighted by Crippen LogP contribution is -2.04. The summed E-state index contributed by atoms with van der Waals surface area (Å²) in [6, 6.07) is 6.92. The maximum atomic E-state index is 11.4. The summed E-state index contributed by atoms with van der Waals surface area (Å²) in [5, 5.41) is 6.30. The highest BCUT2D eigenvalue weighted by atomic mass is 16.6. The monoisotopic (exact) mass is 292 g/mol. The molecule has 0 bridgehead atoms. The molecule has 0 fully saturated rings. The van der Waals surface area contributed by atoms with Crippen LogP contribution < -0.4 is 4.74 Å². The Morgan fingerprint density at radius 3 is 2.57 bits per heavy atom. The number of amides is 2. The van der Waals surface area contributed by atoms with Crippen molar-refractivity contribution in [2.24, 2.45) is 10.2 Å². The topological polar surface area (TPSA) is 77.3 Å². The van der Waals surface area contributed by atoms with Crippen molar-refractivity contribution >= 4 is 12.2 Å². The van der Waals surface area contributed by atoms with Crippen LogP contribution in [0.2, 0.25) is 0 Å². The third-order valence-electron chi connectivity index (χ3n) is 2.63. The van der Waals surface area contributed by atoms with Crippen molar-refractivity contribution in [1.82, 2.24) is 0 Å². The first-order valence-corrected chi connectivity index (χ1v) is 6.98. The zero-order valence-electron chi connectivity index (χ0n) is 12.4. The number of rotatable bonds is 6. The molecule has 1 aromatic carbocycles. The van der Waals surface area contributed by atoms with Gasteiger partial charge in [0.2, 0.25) is 0 Å². The molecule has 1 rings (SSSR count). The molecule has 0 aliphatic rings. The summed E-state index contributed by atoms with van der Waals surface area (Å²) < 4.78 is 9.70. The van der Waals surface area contributed by atoms with Crippen molar-refractivity contribution in [3.8, 4) is 5.75 Å². The summed E-state index contributed by atoms with van der Waals surface area (Å²) in [6.45, 7) is 4.25. The molecule has 21 heavy (non-hydrogen) atoms. The van der Waals surface area contributed by atoms with E-state index in [9.17, 15) is 9.59 Å². The van der Waals surface area contributed by atoms with E-state index in [2.05, 4.69) is 17.2 Å². The maximum absolute atomic E-state index is 11.4. The normalized spacial score (nSPS) is 10.6. The van der Waals surface area contributed by atoms with Gasteiger partial charge in [-0.15, -0.1) is 0 Å². The van der Waals surface area contributed by atoms with Crippen molar-refractivity contribution in [2.75, 3.05) is 6.61 Å². The number of benzene rings is 1. The van der Waals surface area contributed by atoms with E-state index in [0.717, 1.165) is 31.2 Å². The van der Waals surface area contributed by atoms with Crippen molar-refractivity contribution < 1.29 is 19.1 Å². The Morgan fingerprint density at radius 1 is 1.10 bits per heavy atom. The number of nitrogens with zero attached hydrogens (tertiary/aromatic N) is 2. The molecular weight excluding hydrogens is 272 g/mol. The van der Waals surface area contributed by atoms with Crippen LogP contribution in [-0.4, -0.2) is 18.8 Å². The van der Waals surface area contributed by atoms with E-state index in [1.807, 2.05) is 13.0 Å². The summed E-state index contributed by atoms with van der Waals surface area (Å²) >= 11 is 0. The Balaban J connectivity index is 2.28. The molecule has 0 N–H and O–H groups in total. The standard InChI is InChI=1S/C15H20N2O4/c1-3-4-5-6-10-20-14(18)16-17-15(19)21-13-9-7-8-12(2)11-13/h7-9,11H,3-6,10H2,1-2H3/b17-16+. The molecule has 2 amide bonds. The van der Waals surface area contributed by atoms with Crippen LogP contribution in [-0.2, 0) is 4.74 Å². The smallest absolute Gasteiger partial charge is 0.447 e. The fourth-order valence-electron chi connectivity index (χ4n) is 1.60. The maximum Gasteiger partial charge on any atom is 0.458 e. The molecule has 6 heteroatoms. The zero-order chi connectivity index (χ0) is 15.5. The van der Waals surface area contributed by atoms with Crippen LogP contribution in [0, 0.1) is 6.92 Å². The quantitative estimate of drug-likeness (QED) is 0.564. The second kappa shape index (κ2) is 9.63. The van der Waals surface area contributed by atoms with E-state index in [1.165, 1.54) is 0 Å². The predicted molar refractivity (Wildman–Crippen MR) is 77.5 cm³/mol. The first-order valence-electron chi connectivity index (χ1n) is 6.98. The first kappa shape index (κ1) is 16.8. The highest BCUT2D eigenvalue weighted by Crippen LogP contribution is 2.13. The molecule has 0 atom stereocenters. The van der Waals surface area contributed by atoms with Crippen molar-refractivity contribution in [3.63, 3.8) is 0 Å². The number of azo groups is 1. The molecule has 0 aromatic heterocycles. The third kappa shape index (κ3) is 7.81.